The number of aromatic nitrogens is 2. The highest BCUT2D eigenvalue weighted by Crippen LogP contribution is 2.29. The van der Waals surface area contributed by atoms with E-state index in [9.17, 15) is 0 Å². The standard InChI is InChI=1S/C16H29N3S/c1-13(2)12-17-11-5-8-15-18-19-16(20-15)10-9-14-6-3-4-7-14/h13-14,17H,3-12H2,1-2H3. The molecule has 1 fully saturated rings. The third kappa shape index (κ3) is 5.88. The van der Waals surface area contributed by atoms with Crippen molar-refractivity contribution in [1.82, 2.24) is 15.5 Å². The van der Waals surface area contributed by atoms with Crippen LogP contribution in [-0.4, -0.2) is 23.3 Å². The number of rotatable bonds is 9. The van der Waals surface area contributed by atoms with Gasteiger partial charge in [-0.25, -0.2) is 0 Å². The van der Waals surface area contributed by atoms with E-state index in [4.69, 9.17) is 0 Å². The molecular formula is C16H29N3S. The van der Waals surface area contributed by atoms with E-state index in [1.807, 2.05) is 11.3 Å². The summed E-state index contributed by atoms with van der Waals surface area (Å²) in [4.78, 5) is 0. The summed E-state index contributed by atoms with van der Waals surface area (Å²) in [6.45, 7) is 6.70. The van der Waals surface area contributed by atoms with Crippen LogP contribution < -0.4 is 5.32 Å². The van der Waals surface area contributed by atoms with Crippen molar-refractivity contribution in [3.8, 4) is 0 Å². The van der Waals surface area contributed by atoms with E-state index in [1.165, 1.54) is 48.5 Å². The van der Waals surface area contributed by atoms with Crippen molar-refractivity contribution in [2.24, 2.45) is 11.8 Å². The summed E-state index contributed by atoms with van der Waals surface area (Å²) in [5.74, 6) is 1.70. The van der Waals surface area contributed by atoms with Crippen LogP contribution in [0, 0.1) is 11.8 Å². The zero-order valence-corrected chi connectivity index (χ0v) is 13.8. The maximum absolute atomic E-state index is 4.35. The molecule has 0 amide bonds. The molecule has 1 aliphatic rings. The Hall–Kier alpha value is -0.480. The second-order valence-electron chi connectivity index (χ2n) is 6.48. The van der Waals surface area contributed by atoms with E-state index in [2.05, 4.69) is 29.4 Å². The van der Waals surface area contributed by atoms with E-state index < -0.39 is 0 Å². The highest BCUT2D eigenvalue weighted by molar-refractivity contribution is 7.11. The lowest BCUT2D eigenvalue weighted by Crippen LogP contribution is -2.21. The molecule has 1 N–H and O–H groups in total. The van der Waals surface area contributed by atoms with Gasteiger partial charge in [0.25, 0.3) is 0 Å². The normalized spacial score (nSPS) is 16.4. The first kappa shape index (κ1) is 15.9. The van der Waals surface area contributed by atoms with Crippen LogP contribution in [0.25, 0.3) is 0 Å². The predicted molar refractivity (Wildman–Crippen MR) is 86.2 cm³/mol. The largest absolute Gasteiger partial charge is 0.316 e. The summed E-state index contributed by atoms with van der Waals surface area (Å²) in [6.07, 6.45) is 10.5. The van der Waals surface area contributed by atoms with Gasteiger partial charge in [-0.15, -0.1) is 21.5 Å². The second-order valence-corrected chi connectivity index (χ2v) is 7.63. The zero-order chi connectivity index (χ0) is 14.2. The van der Waals surface area contributed by atoms with Gasteiger partial charge >= 0.3 is 0 Å². The Morgan fingerprint density at radius 3 is 2.55 bits per heavy atom. The molecule has 0 aromatic carbocycles. The fourth-order valence-electron chi connectivity index (χ4n) is 2.87. The van der Waals surface area contributed by atoms with Crippen molar-refractivity contribution in [3.63, 3.8) is 0 Å². The van der Waals surface area contributed by atoms with Gasteiger partial charge in [0, 0.05) is 12.8 Å². The average molecular weight is 295 g/mol. The van der Waals surface area contributed by atoms with Crippen LogP contribution in [-0.2, 0) is 12.8 Å². The number of aryl methyl sites for hydroxylation is 2. The molecule has 0 unspecified atom stereocenters. The minimum absolute atomic E-state index is 0.735. The van der Waals surface area contributed by atoms with E-state index in [-0.39, 0.29) is 0 Å². The molecule has 0 radical (unpaired) electrons. The summed E-state index contributed by atoms with van der Waals surface area (Å²) in [5.41, 5.74) is 0. The van der Waals surface area contributed by atoms with Crippen LogP contribution in [0.3, 0.4) is 0 Å². The highest BCUT2D eigenvalue weighted by Gasteiger charge is 2.15. The minimum atomic E-state index is 0.735. The van der Waals surface area contributed by atoms with Crippen molar-refractivity contribution < 1.29 is 0 Å². The lowest BCUT2D eigenvalue weighted by Gasteiger charge is -2.06. The van der Waals surface area contributed by atoms with Crippen LogP contribution >= 0.6 is 11.3 Å². The van der Waals surface area contributed by atoms with Gasteiger partial charge in [-0.2, -0.15) is 0 Å². The Bertz CT molecular complexity index is 370. The van der Waals surface area contributed by atoms with Gasteiger partial charge < -0.3 is 5.32 Å². The van der Waals surface area contributed by atoms with Gasteiger partial charge in [0.05, 0.1) is 0 Å². The monoisotopic (exact) mass is 295 g/mol. The average Bonchev–Trinajstić information content (AvgIpc) is 3.07. The number of nitrogens with zero attached hydrogens (tertiary/aromatic N) is 2. The molecule has 3 nitrogen and oxygen atoms in total. The first-order valence-corrected chi connectivity index (χ1v) is 9.07. The van der Waals surface area contributed by atoms with Crippen molar-refractivity contribution in [2.75, 3.05) is 13.1 Å². The lowest BCUT2D eigenvalue weighted by molar-refractivity contribution is 0.502. The SMILES string of the molecule is CC(C)CNCCCc1nnc(CCC2CCCC2)s1. The van der Waals surface area contributed by atoms with Crippen LogP contribution in [0.2, 0.25) is 0 Å². The first-order chi connectivity index (χ1) is 9.74. The highest BCUT2D eigenvalue weighted by atomic mass is 32.1. The van der Waals surface area contributed by atoms with Gasteiger partial charge in [-0.3, -0.25) is 0 Å². The molecule has 114 valence electrons. The van der Waals surface area contributed by atoms with Crippen molar-refractivity contribution in [1.29, 1.82) is 0 Å². The van der Waals surface area contributed by atoms with E-state index in [0.29, 0.717) is 0 Å². The van der Waals surface area contributed by atoms with Crippen molar-refractivity contribution in [3.05, 3.63) is 10.0 Å². The minimum Gasteiger partial charge on any atom is -0.316 e. The Morgan fingerprint density at radius 2 is 1.85 bits per heavy atom. The molecule has 0 atom stereocenters. The summed E-state index contributed by atoms with van der Waals surface area (Å²) in [6, 6.07) is 0. The molecule has 0 aliphatic heterocycles. The van der Waals surface area contributed by atoms with Gasteiger partial charge in [0.2, 0.25) is 0 Å². The smallest absolute Gasteiger partial charge is 0.117 e. The fraction of sp³-hybridized carbons (Fsp3) is 0.875. The number of hydrogen-bond acceptors (Lipinski definition) is 4. The molecule has 2 rings (SSSR count). The van der Waals surface area contributed by atoms with Crippen molar-refractivity contribution in [2.45, 2.75) is 65.2 Å². The Labute approximate surface area is 127 Å². The summed E-state index contributed by atoms with van der Waals surface area (Å²) in [5, 5.41) is 14.6. The molecule has 1 aliphatic carbocycles. The molecule has 1 heterocycles. The van der Waals surface area contributed by atoms with E-state index >= 15 is 0 Å². The molecule has 0 bridgehead atoms. The summed E-state index contributed by atoms with van der Waals surface area (Å²) < 4.78 is 0. The van der Waals surface area contributed by atoms with Crippen LogP contribution in [0.1, 0.15) is 62.4 Å². The van der Waals surface area contributed by atoms with Crippen LogP contribution in [0.4, 0.5) is 0 Å². The zero-order valence-electron chi connectivity index (χ0n) is 13.0. The predicted octanol–water partition coefficient (Wildman–Crippen LogP) is 3.84. The third-order valence-corrected chi connectivity index (χ3v) is 5.09. The topological polar surface area (TPSA) is 37.8 Å². The maximum atomic E-state index is 4.35. The second kappa shape index (κ2) is 8.73. The molecule has 0 spiro atoms. The molecular weight excluding hydrogens is 266 g/mol. The maximum Gasteiger partial charge on any atom is 0.117 e. The van der Waals surface area contributed by atoms with Crippen LogP contribution in [0.15, 0.2) is 0 Å². The first-order valence-electron chi connectivity index (χ1n) is 8.26. The molecule has 1 saturated carbocycles. The Morgan fingerprint density at radius 1 is 1.15 bits per heavy atom. The van der Waals surface area contributed by atoms with E-state index in [0.717, 1.165) is 37.8 Å². The van der Waals surface area contributed by atoms with Crippen molar-refractivity contribution >= 4 is 11.3 Å². The quantitative estimate of drug-likeness (QED) is 0.703. The summed E-state index contributed by atoms with van der Waals surface area (Å²) in [7, 11) is 0. The van der Waals surface area contributed by atoms with Crippen LogP contribution in [0.5, 0.6) is 0 Å². The lowest BCUT2D eigenvalue weighted by atomic mass is 10.0. The van der Waals surface area contributed by atoms with E-state index in [1.54, 1.807) is 0 Å². The number of hydrogen-bond donors (Lipinski definition) is 1. The van der Waals surface area contributed by atoms with Gasteiger partial charge in [0.1, 0.15) is 10.0 Å². The molecule has 1 aromatic rings. The third-order valence-electron chi connectivity index (χ3n) is 4.05. The molecule has 20 heavy (non-hydrogen) atoms. The Balaban J connectivity index is 1.59. The molecule has 1 aromatic heterocycles. The summed E-state index contributed by atoms with van der Waals surface area (Å²) >= 11 is 1.83. The van der Waals surface area contributed by atoms with Gasteiger partial charge in [-0.1, -0.05) is 39.5 Å². The molecule has 0 saturated heterocycles. The molecule has 4 heteroatoms. The van der Waals surface area contributed by atoms with Gasteiger partial charge in [-0.05, 0) is 37.8 Å². The van der Waals surface area contributed by atoms with Gasteiger partial charge in [0.15, 0.2) is 0 Å². The number of nitrogens with one attached hydrogen (secondary N) is 1. The fourth-order valence-corrected chi connectivity index (χ4v) is 3.77. The Kier molecular flexibility index (Phi) is 6.94.